The molecule has 2 heterocycles. The number of thiazole rings is 1. The summed E-state index contributed by atoms with van der Waals surface area (Å²) in [4.78, 5) is 20.0. The van der Waals surface area contributed by atoms with E-state index in [-0.39, 0.29) is 5.82 Å². The number of amides is 1. The number of halogens is 3. The number of hydrogen-bond donors (Lipinski definition) is 1. The highest BCUT2D eigenvalue weighted by atomic mass is 32.1. The fourth-order valence-electron chi connectivity index (χ4n) is 1.65. The number of carbonyl (C=O) groups excluding carboxylic acids is 1. The molecule has 1 N–H and O–H groups in total. The maximum Gasteiger partial charge on any atom is 0.433 e. The summed E-state index contributed by atoms with van der Waals surface area (Å²) >= 11 is 1.22. The second-order valence-corrected chi connectivity index (χ2v) is 5.32. The molecule has 112 valence electrons. The first-order valence-corrected chi connectivity index (χ1v) is 6.94. The second-order valence-electron chi connectivity index (χ2n) is 4.24. The fraction of sp³-hybridized carbons (Fsp3) is 0.308. The molecular weight excluding hydrogens is 303 g/mol. The van der Waals surface area contributed by atoms with Gasteiger partial charge in [-0.05, 0) is 25.5 Å². The Morgan fingerprint density at radius 3 is 2.62 bits per heavy atom. The zero-order valence-corrected chi connectivity index (χ0v) is 12.1. The van der Waals surface area contributed by atoms with Gasteiger partial charge in [0.05, 0.1) is 10.7 Å². The van der Waals surface area contributed by atoms with Gasteiger partial charge >= 0.3 is 6.18 Å². The Kier molecular flexibility index (Phi) is 4.26. The Hall–Kier alpha value is -1.96. The van der Waals surface area contributed by atoms with Gasteiger partial charge in [0.25, 0.3) is 5.91 Å². The first-order valence-electron chi connectivity index (χ1n) is 6.13. The topological polar surface area (TPSA) is 54.9 Å². The highest BCUT2D eigenvalue weighted by molar-refractivity contribution is 7.13. The minimum Gasteiger partial charge on any atom is -0.306 e. The van der Waals surface area contributed by atoms with E-state index in [1.165, 1.54) is 23.5 Å². The number of carbonyl (C=O) groups is 1. The first-order chi connectivity index (χ1) is 9.81. The maximum absolute atomic E-state index is 12.6. The van der Waals surface area contributed by atoms with Crippen molar-refractivity contribution >= 4 is 23.1 Å². The highest BCUT2D eigenvalue weighted by Gasteiger charge is 2.32. The van der Waals surface area contributed by atoms with Crippen LogP contribution >= 0.6 is 11.3 Å². The van der Waals surface area contributed by atoms with Crippen LogP contribution in [-0.4, -0.2) is 15.9 Å². The molecule has 2 rings (SSSR count). The summed E-state index contributed by atoms with van der Waals surface area (Å²) in [6.07, 6.45) is -3.85. The van der Waals surface area contributed by atoms with Crippen LogP contribution in [0, 0.1) is 6.92 Å². The Bertz CT molecular complexity index is 667. The Balaban J connectivity index is 2.21. The first kappa shape index (κ1) is 15.4. The lowest BCUT2D eigenvalue weighted by Gasteiger charge is -2.08. The van der Waals surface area contributed by atoms with Crippen molar-refractivity contribution in [3.8, 4) is 0 Å². The quantitative estimate of drug-likeness (QED) is 0.940. The molecule has 0 aromatic carbocycles. The van der Waals surface area contributed by atoms with Gasteiger partial charge in [-0.15, -0.1) is 11.3 Å². The van der Waals surface area contributed by atoms with Gasteiger partial charge < -0.3 is 5.32 Å². The van der Waals surface area contributed by atoms with Crippen molar-refractivity contribution in [2.75, 3.05) is 5.32 Å². The van der Waals surface area contributed by atoms with Gasteiger partial charge in [-0.3, -0.25) is 4.79 Å². The zero-order chi connectivity index (χ0) is 15.6. The van der Waals surface area contributed by atoms with Crippen molar-refractivity contribution in [3.63, 3.8) is 0 Å². The molecule has 4 nitrogen and oxygen atoms in total. The molecule has 2 aromatic rings. The Morgan fingerprint density at radius 1 is 1.33 bits per heavy atom. The van der Waals surface area contributed by atoms with Crippen LogP contribution < -0.4 is 5.32 Å². The SMILES string of the molecule is CCc1nc(C)c(C(=O)Nc2cccc(C(F)(F)F)n2)s1. The van der Waals surface area contributed by atoms with Crippen LogP contribution in [0.5, 0.6) is 0 Å². The zero-order valence-electron chi connectivity index (χ0n) is 11.3. The minimum absolute atomic E-state index is 0.138. The number of aromatic nitrogens is 2. The molecule has 2 aromatic heterocycles. The summed E-state index contributed by atoms with van der Waals surface area (Å²) in [5.41, 5.74) is -0.489. The number of pyridine rings is 1. The van der Waals surface area contributed by atoms with Crippen LogP contribution in [0.15, 0.2) is 18.2 Å². The van der Waals surface area contributed by atoms with E-state index in [0.717, 1.165) is 11.1 Å². The van der Waals surface area contributed by atoms with Crippen molar-refractivity contribution in [3.05, 3.63) is 39.5 Å². The molecule has 0 aliphatic heterocycles. The number of hydrogen-bond acceptors (Lipinski definition) is 4. The van der Waals surface area contributed by atoms with Crippen LogP contribution in [0.1, 0.15) is 33.0 Å². The van der Waals surface area contributed by atoms with Crippen molar-refractivity contribution in [2.45, 2.75) is 26.4 Å². The molecule has 8 heteroatoms. The molecule has 0 spiro atoms. The average molecular weight is 315 g/mol. The summed E-state index contributed by atoms with van der Waals surface area (Å²) in [6, 6.07) is 3.36. The minimum atomic E-state index is -4.55. The predicted octanol–water partition coefficient (Wildman–Crippen LogP) is 3.68. The Labute approximate surface area is 123 Å². The van der Waals surface area contributed by atoms with Gasteiger partial charge in [0.2, 0.25) is 0 Å². The third-order valence-electron chi connectivity index (χ3n) is 2.63. The number of nitrogens with zero attached hydrogens (tertiary/aromatic N) is 2. The molecule has 0 saturated carbocycles. The van der Waals surface area contributed by atoms with E-state index in [1.54, 1.807) is 6.92 Å². The predicted molar refractivity (Wildman–Crippen MR) is 73.4 cm³/mol. The molecule has 0 radical (unpaired) electrons. The molecular formula is C13H12F3N3OS. The number of rotatable bonds is 3. The number of aryl methyl sites for hydroxylation is 2. The van der Waals surface area contributed by atoms with Crippen molar-refractivity contribution in [1.82, 2.24) is 9.97 Å². The van der Waals surface area contributed by atoms with Gasteiger partial charge in [0, 0.05) is 0 Å². The van der Waals surface area contributed by atoms with Gasteiger partial charge in [0.1, 0.15) is 16.4 Å². The van der Waals surface area contributed by atoms with E-state index in [0.29, 0.717) is 17.0 Å². The standard InChI is InChI=1S/C13H12F3N3OS/c1-3-10-17-7(2)11(21-10)12(20)19-9-6-4-5-8(18-9)13(14,15)16/h4-6H,3H2,1-2H3,(H,18,19,20). The van der Waals surface area contributed by atoms with Crippen LogP contribution in [0.2, 0.25) is 0 Å². The number of anilines is 1. The van der Waals surface area contributed by atoms with Crippen molar-refractivity contribution in [2.24, 2.45) is 0 Å². The molecule has 0 saturated heterocycles. The average Bonchev–Trinajstić information content (AvgIpc) is 2.79. The third-order valence-corrected chi connectivity index (χ3v) is 3.93. The largest absolute Gasteiger partial charge is 0.433 e. The fourth-order valence-corrected chi connectivity index (χ4v) is 2.55. The van der Waals surface area contributed by atoms with Gasteiger partial charge in [-0.25, -0.2) is 9.97 Å². The second kappa shape index (κ2) is 5.80. The Morgan fingerprint density at radius 2 is 2.05 bits per heavy atom. The molecule has 0 atom stereocenters. The molecule has 0 unspecified atom stereocenters. The van der Waals surface area contributed by atoms with E-state index in [4.69, 9.17) is 0 Å². The lowest BCUT2D eigenvalue weighted by molar-refractivity contribution is -0.141. The molecule has 0 aliphatic rings. The monoisotopic (exact) mass is 315 g/mol. The smallest absolute Gasteiger partial charge is 0.306 e. The summed E-state index contributed by atoms with van der Waals surface area (Å²) in [5.74, 6) is -0.641. The van der Waals surface area contributed by atoms with Crippen LogP contribution in [0.3, 0.4) is 0 Å². The lowest BCUT2D eigenvalue weighted by atomic mass is 10.3. The lowest BCUT2D eigenvalue weighted by Crippen LogP contribution is -2.15. The van der Waals surface area contributed by atoms with E-state index in [2.05, 4.69) is 15.3 Å². The summed E-state index contributed by atoms with van der Waals surface area (Å²) in [6.45, 7) is 3.60. The normalized spacial score (nSPS) is 11.5. The van der Waals surface area contributed by atoms with E-state index in [9.17, 15) is 18.0 Å². The molecule has 0 fully saturated rings. The maximum atomic E-state index is 12.6. The van der Waals surface area contributed by atoms with Crippen LogP contribution in [0.25, 0.3) is 0 Å². The molecule has 0 bridgehead atoms. The van der Waals surface area contributed by atoms with Gasteiger partial charge in [-0.1, -0.05) is 13.0 Å². The van der Waals surface area contributed by atoms with Crippen molar-refractivity contribution in [1.29, 1.82) is 0 Å². The summed E-state index contributed by atoms with van der Waals surface area (Å²) in [5, 5.41) is 3.17. The van der Waals surface area contributed by atoms with Crippen molar-refractivity contribution < 1.29 is 18.0 Å². The molecule has 21 heavy (non-hydrogen) atoms. The van der Waals surface area contributed by atoms with E-state index >= 15 is 0 Å². The molecule has 0 aliphatic carbocycles. The number of nitrogens with one attached hydrogen (secondary N) is 1. The van der Waals surface area contributed by atoms with E-state index in [1.807, 2.05) is 6.92 Å². The van der Waals surface area contributed by atoms with Crippen LogP contribution in [0.4, 0.5) is 19.0 Å². The summed E-state index contributed by atoms with van der Waals surface area (Å²) < 4.78 is 37.7. The highest BCUT2D eigenvalue weighted by Crippen LogP contribution is 2.28. The van der Waals surface area contributed by atoms with Crippen LogP contribution in [-0.2, 0) is 12.6 Å². The third kappa shape index (κ3) is 3.57. The van der Waals surface area contributed by atoms with Gasteiger partial charge in [-0.2, -0.15) is 13.2 Å². The van der Waals surface area contributed by atoms with Gasteiger partial charge in [0.15, 0.2) is 0 Å². The van der Waals surface area contributed by atoms with E-state index < -0.39 is 17.8 Å². The number of alkyl halides is 3. The molecule has 1 amide bonds. The summed E-state index contributed by atoms with van der Waals surface area (Å²) in [7, 11) is 0.